The molecule has 0 atom stereocenters. The number of hydrogen-bond acceptors (Lipinski definition) is 2. The summed E-state index contributed by atoms with van der Waals surface area (Å²) >= 11 is 10.5. The third-order valence-corrected chi connectivity index (χ3v) is 2.34. The minimum absolute atomic E-state index is 0.0108. The molecule has 92 valence electrons. The van der Waals surface area contributed by atoms with Gasteiger partial charge in [-0.2, -0.15) is 0 Å². The van der Waals surface area contributed by atoms with E-state index in [0.717, 1.165) is 0 Å². The molecule has 17 heavy (non-hydrogen) atoms. The number of rotatable bonds is 4. The number of anilines is 1. The third kappa shape index (κ3) is 4.97. The van der Waals surface area contributed by atoms with E-state index in [2.05, 4.69) is 10.6 Å². The van der Waals surface area contributed by atoms with Crippen LogP contribution < -0.4 is 10.6 Å². The maximum atomic E-state index is 12.9. The van der Waals surface area contributed by atoms with Crippen molar-refractivity contribution in [2.45, 2.75) is 6.42 Å². The van der Waals surface area contributed by atoms with E-state index >= 15 is 0 Å². The SMILES string of the molecule is O=C(O)CCNC(=S)Nc1ccc(F)c(Cl)c1. The molecule has 0 fully saturated rings. The highest BCUT2D eigenvalue weighted by Gasteiger charge is 2.03. The molecule has 4 nitrogen and oxygen atoms in total. The van der Waals surface area contributed by atoms with E-state index in [1.807, 2.05) is 0 Å². The first kappa shape index (κ1) is 13.7. The first-order valence-electron chi connectivity index (χ1n) is 4.70. The summed E-state index contributed by atoms with van der Waals surface area (Å²) in [5.41, 5.74) is 0.532. The second-order valence-electron chi connectivity index (χ2n) is 3.15. The summed E-state index contributed by atoms with van der Waals surface area (Å²) in [4.78, 5) is 10.3. The van der Waals surface area contributed by atoms with Gasteiger partial charge in [0.1, 0.15) is 5.82 Å². The van der Waals surface area contributed by atoms with E-state index in [4.69, 9.17) is 28.9 Å². The third-order valence-electron chi connectivity index (χ3n) is 1.80. The number of aliphatic carboxylic acids is 1. The maximum absolute atomic E-state index is 12.9. The van der Waals surface area contributed by atoms with Crippen LogP contribution in [-0.2, 0) is 4.79 Å². The molecule has 1 rings (SSSR count). The normalized spacial score (nSPS) is 9.76. The summed E-state index contributed by atoms with van der Waals surface area (Å²) < 4.78 is 12.9. The topological polar surface area (TPSA) is 61.4 Å². The summed E-state index contributed by atoms with van der Waals surface area (Å²) in [5.74, 6) is -1.42. The summed E-state index contributed by atoms with van der Waals surface area (Å²) in [6.45, 7) is 0.218. The van der Waals surface area contributed by atoms with Crippen molar-refractivity contribution < 1.29 is 14.3 Å². The molecule has 0 unspecified atom stereocenters. The summed E-state index contributed by atoms with van der Waals surface area (Å²) in [6, 6.07) is 4.08. The number of halogens is 2. The van der Waals surface area contributed by atoms with E-state index in [-0.39, 0.29) is 23.1 Å². The monoisotopic (exact) mass is 276 g/mol. The predicted octanol–water partition coefficient (Wildman–Crippen LogP) is 2.24. The van der Waals surface area contributed by atoms with Crippen LogP contribution in [-0.4, -0.2) is 22.7 Å². The molecule has 7 heteroatoms. The van der Waals surface area contributed by atoms with Crippen LogP contribution in [0.15, 0.2) is 18.2 Å². The molecule has 1 aromatic carbocycles. The van der Waals surface area contributed by atoms with Gasteiger partial charge in [0.15, 0.2) is 5.11 Å². The van der Waals surface area contributed by atoms with Gasteiger partial charge in [-0.15, -0.1) is 0 Å². The molecule has 3 N–H and O–H groups in total. The molecule has 0 saturated heterocycles. The minimum Gasteiger partial charge on any atom is -0.481 e. The van der Waals surface area contributed by atoms with Crippen LogP contribution in [0.5, 0.6) is 0 Å². The number of thiocarbonyl (C=S) groups is 1. The number of benzene rings is 1. The fourth-order valence-electron chi connectivity index (χ4n) is 1.03. The highest BCUT2D eigenvalue weighted by molar-refractivity contribution is 7.80. The van der Waals surface area contributed by atoms with Crippen LogP contribution in [0.3, 0.4) is 0 Å². The van der Waals surface area contributed by atoms with Crippen LogP contribution in [0.1, 0.15) is 6.42 Å². The molecule has 0 spiro atoms. The Labute approximate surface area is 108 Å². The van der Waals surface area contributed by atoms with Crippen molar-refractivity contribution in [2.75, 3.05) is 11.9 Å². The molecule has 0 aliphatic heterocycles. The predicted molar refractivity (Wildman–Crippen MR) is 67.9 cm³/mol. The van der Waals surface area contributed by atoms with Crippen LogP contribution in [0.2, 0.25) is 5.02 Å². The Morgan fingerprint density at radius 2 is 2.24 bits per heavy atom. The van der Waals surface area contributed by atoms with Crippen LogP contribution >= 0.6 is 23.8 Å². The largest absolute Gasteiger partial charge is 0.481 e. The van der Waals surface area contributed by atoms with Gasteiger partial charge >= 0.3 is 5.97 Å². The Morgan fingerprint density at radius 1 is 1.53 bits per heavy atom. The smallest absolute Gasteiger partial charge is 0.305 e. The number of carboxylic acids is 1. The fourth-order valence-corrected chi connectivity index (χ4v) is 1.43. The van der Waals surface area contributed by atoms with Crippen molar-refractivity contribution in [3.63, 3.8) is 0 Å². The maximum Gasteiger partial charge on any atom is 0.305 e. The van der Waals surface area contributed by atoms with Crippen molar-refractivity contribution in [1.82, 2.24) is 5.32 Å². The second-order valence-corrected chi connectivity index (χ2v) is 3.97. The summed E-state index contributed by atoms with van der Waals surface area (Å²) in [5, 5.41) is 14.1. The van der Waals surface area contributed by atoms with Crippen molar-refractivity contribution in [3.05, 3.63) is 29.0 Å². The summed E-state index contributed by atoms with van der Waals surface area (Å²) in [6.07, 6.45) is -0.0357. The molecule has 0 aliphatic rings. The average molecular weight is 277 g/mol. The lowest BCUT2D eigenvalue weighted by atomic mass is 10.3. The molecular formula is C10H10ClFN2O2S. The minimum atomic E-state index is -0.912. The second kappa shape index (κ2) is 6.36. The quantitative estimate of drug-likeness (QED) is 0.736. The Hall–Kier alpha value is -1.40. The first-order valence-corrected chi connectivity index (χ1v) is 5.49. The van der Waals surface area contributed by atoms with Gasteiger partial charge < -0.3 is 15.7 Å². The molecule has 0 amide bonds. The lowest BCUT2D eigenvalue weighted by Gasteiger charge is -2.09. The number of carboxylic acid groups (broad SMARTS) is 1. The summed E-state index contributed by atoms with van der Waals surface area (Å²) in [7, 11) is 0. The number of hydrogen-bond donors (Lipinski definition) is 3. The fraction of sp³-hybridized carbons (Fsp3) is 0.200. The lowest BCUT2D eigenvalue weighted by molar-refractivity contribution is -0.136. The molecular weight excluding hydrogens is 267 g/mol. The highest BCUT2D eigenvalue weighted by atomic mass is 35.5. The van der Waals surface area contributed by atoms with Crippen LogP contribution in [0.4, 0.5) is 10.1 Å². The zero-order valence-electron chi connectivity index (χ0n) is 8.67. The zero-order chi connectivity index (χ0) is 12.8. The van der Waals surface area contributed by atoms with E-state index in [9.17, 15) is 9.18 Å². The van der Waals surface area contributed by atoms with Gasteiger partial charge in [-0.3, -0.25) is 4.79 Å². The average Bonchev–Trinajstić information content (AvgIpc) is 2.23. The molecule has 0 aromatic heterocycles. The van der Waals surface area contributed by atoms with Gasteiger partial charge in [-0.25, -0.2) is 4.39 Å². The van der Waals surface area contributed by atoms with Crippen molar-refractivity contribution in [3.8, 4) is 0 Å². The van der Waals surface area contributed by atoms with Gasteiger partial charge in [-0.1, -0.05) is 11.6 Å². The number of carbonyl (C=O) groups is 1. The van der Waals surface area contributed by atoms with Crippen molar-refractivity contribution in [1.29, 1.82) is 0 Å². The number of nitrogens with one attached hydrogen (secondary N) is 2. The van der Waals surface area contributed by atoms with Crippen LogP contribution in [0, 0.1) is 5.82 Å². The van der Waals surface area contributed by atoms with E-state index < -0.39 is 11.8 Å². The van der Waals surface area contributed by atoms with E-state index in [1.54, 1.807) is 0 Å². The van der Waals surface area contributed by atoms with Crippen molar-refractivity contribution in [2.24, 2.45) is 0 Å². The standard InChI is InChI=1S/C10H10ClFN2O2S/c11-7-5-6(1-2-8(7)12)14-10(17)13-4-3-9(15)16/h1-2,5H,3-4H2,(H,15,16)(H2,13,14,17). The van der Waals surface area contributed by atoms with E-state index in [0.29, 0.717) is 5.69 Å². The Kier molecular flexibility index (Phi) is 5.11. The van der Waals surface area contributed by atoms with Crippen LogP contribution in [0.25, 0.3) is 0 Å². The van der Waals surface area contributed by atoms with Gasteiger partial charge in [0.05, 0.1) is 11.4 Å². The van der Waals surface area contributed by atoms with Crippen molar-refractivity contribution >= 4 is 40.6 Å². The zero-order valence-corrected chi connectivity index (χ0v) is 10.2. The van der Waals surface area contributed by atoms with Gasteiger partial charge in [0.2, 0.25) is 0 Å². The Balaban J connectivity index is 2.45. The molecule has 0 aliphatic carbocycles. The molecule has 0 heterocycles. The Bertz CT molecular complexity index is 442. The lowest BCUT2D eigenvalue weighted by Crippen LogP contribution is -2.30. The molecule has 1 aromatic rings. The molecule has 0 radical (unpaired) electrons. The van der Waals surface area contributed by atoms with Gasteiger partial charge in [-0.05, 0) is 30.4 Å². The van der Waals surface area contributed by atoms with E-state index in [1.165, 1.54) is 18.2 Å². The highest BCUT2D eigenvalue weighted by Crippen LogP contribution is 2.19. The Morgan fingerprint density at radius 3 is 2.82 bits per heavy atom. The van der Waals surface area contributed by atoms with Gasteiger partial charge in [0, 0.05) is 12.2 Å². The molecule has 0 bridgehead atoms. The first-order chi connectivity index (χ1) is 7.99. The molecule has 0 saturated carbocycles. The van der Waals surface area contributed by atoms with Gasteiger partial charge in [0.25, 0.3) is 0 Å².